The van der Waals surface area contributed by atoms with Crippen LogP contribution in [0.25, 0.3) is 11.4 Å². The van der Waals surface area contributed by atoms with Gasteiger partial charge in [0.15, 0.2) is 5.82 Å². The minimum Gasteiger partial charge on any atom is -0.508 e. The zero-order valence-corrected chi connectivity index (χ0v) is 11.7. The lowest BCUT2D eigenvalue weighted by atomic mass is 10.1. The highest BCUT2D eigenvalue weighted by molar-refractivity contribution is 5.62. The van der Waals surface area contributed by atoms with E-state index in [-0.39, 0.29) is 5.75 Å². The molecule has 0 saturated carbocycles. The van der Waals surface area contributed by atoms with Crippen molar-refractivity contribution in [2.45, 2.75) is 13.5 Å². The van der Waals surface area contributed by atoms with Crippen LogP contribution in [0.4, 0.5) is 5.69 Å². The molecule has 2 aromatic carbocycles. The summed E-state index contributed by atoms with van der Waals surface area (Å²) < 4.78 is 0. The summed E-state index contributed by atoms with van der Waals surface area (Å²) in [6, 6.07) is 15.1. The summed E-state index contributed by atoms with van der Waals surface area (Å²) >= 11 is 0. The third-order valence-electron chi connectivity index (χ3n) is 3.13. The number of nitrogens with zero attached hydrogens (tertiary/aromatic N) is 2. The maximum absolute atomic E-state index is 9.46. The summed E-state index contributed by atoms with van der Waals surface area (Å²) in [5.41, 5.74) is 2.97. The summed E-state index contributed by atoms with van der Waals surface area (Å²) in [6.07, 6.45) is 0. The molecule has 0 atom stereocenters. The van der Waals surface area contributed by atoms with E-state index < -0.39 is 0 Å². The van der Waals surface area contributed by atoms with Gasteiger partial charge < -0.3 is 10.4 Å². The minimum atomic E-state index is 0.277. The molecule has 0 fully saturated rings. The first-order valence-corrected chi connectivity index (χ1v) is 6.72. The predicted octanol–water partition coefficient (Wildman–Crippen LogP) is 3.10. The Morgan fingerprint density at radius 3 is 2.76 bits per heavy atom. The first-order chi connectivity index (χ1) is 10.2. The highest BCUT2D eigenvalue weighted by atomic mass is 16.3. The fraction of sp³-hybridized carbons (Fsp3) is 0.125. The second kappa shape index (κ2) is 5.66. The number of phenols is 1. The highest BCUT2D eigenvalue weighted by Crippen LogP contribution is 2.20. The second-order valence-electron chi connectivity index (χ2n) is 4.85. The van der Waals surface area contributed by atoms with Crippen LogP contribution in [0.3, 0.4) is 0 Å². The SMILES string of the molecule is Cc1nc(-c2cccc(NCc3cccc(O)c3)c2)n[nH]1. The van der Waals surface area contributed by atoms with E-state index in [2.05, 4.69) is 20.5 Å². The van der Waals surface area contributed by atoms with Gasteiger partial charge in [-0.1, -0.05) is 24.3 Å². The van der Waals surface area contributed by atoms with Crippen LogP contribution >= 0.6 is 0 Å². The minimum absolute atomic E-state index is 0.277. The van der Waals surface area contributed by atoms with Crippen LogP contribution in [0.15, 0.2) is 48.5 Å². The molecule has 0 aliphatic heterocycles. The third-order valence-corrected chi connectivity index (χ3v) is 3.13. The van der Waals surface area contributed by atoms with Gasteiger partial charge in [0.2, 0.25) is 0 Å². The smallest absolute Gasteiger partial charge is 0.181 e. The quantitative estimate of drug-likeness (QED) is 0.686. The third kappa shape index (κ3) is 3.20. The number of phenolic OH excluding ortho intramolecular Hbond substituents is 1. The number of hydrogen-bond acceptors (Lipinski definition) is 4. The van der Waals surface area contributed by atoms with Gasteiger partial charge in [0, 0.05) is 17.8 Å². The fourth-order valence-corrected chi connectivity index (χ4v) is 2.11. The molecule has 1 heterocycles. The van der Waals surface area contributed by atoms with Gasteiger partial charge in [0.25, 0.3) is 0 Å². The number of aromatic nitrogens is 3. The number of aromatic amines is 1. The molecule has 0 spiro atoms. The van der Waals surface area contributed by atoms with Crippen molar-refractivity contribution >= 4 is 5.69 Å². The summed E-state index contributed by atoms with van der Waals surface area (Å²) in [7, 11) is 0. The van der Waals surface area contributed by atoms with E-state index in [4.69, 9.17) is 0 Å². The van der Waals surface area contributed by atoms with Gasteiger partial charge in [-0.3, -0.25) is 5.10 Å². The van der Waals surface area contributed by atoms with Crippen molar-refractivity contribution in [3.63, 3.8) is 0 Å². The second-order valence-corrected chi connectivity index (χ2v) is 4.85. The van der Waals surface area contributed by atoms with Crippen molar-refractivity contribution in [3.05, 3.63) is 59.9 Å². The summed E-state index contributed by atoms with van der Waals surface area (Å²) in [6.45, 7) is 2.52. The van der Waals surface area contributed by atoms with Crippen molar-refractivity contribution in [3.8, 4) is 17.1 Å². The van der Waals surface area contributed by atoms with E-state index in [0.29, 0.717) is 12.4 Å². The Kier molecular flexibility index (Phi) is 3.55. The monoisotopic (exact) mass is 280 g/mol. The molecule has 5 nitrogen and oxygen atoms in total. The molecular formula is C16H16N4O. The molecule has 3 rings (SSSR count). The number of rotatable bonds is 4. The Hall–Kier alpha value is -2.82. The van der Waals surface area contributed by atoms with E-state index in [9.17, 15) is 5.11 Å². The largest absolute Gasteiger partial charge is 0.508 e. The first-order valence-electron chi connectivity index (χ1n) is 6.72. The average Bonchev–Trinajstić information content (AvgIpc) is 2.92. The van der Waals surface area contributed by atoms with Crippen molar-refractivity contribution in [2.24, 2.45) is 0 Å². The standard InChI is InChI=1S/C16H16N4O/c1-11-18-16(20-19-11)13-5-3-6-14(9-13)17-10-12-4-2-7-15(21)8-12/h2-9,17,21H,10H2,1H3,(H,18,19,20). The van der Waals surface area contributed by atoms with E-state index in [1.807, 2.05) is 43.3 Å². The lowest BCUT2D eigenvalue weighted by Crippen LogP contribution is -1.99. The summed E-state index contributed by atoms with van der Waals surface area (Å²) in [5, 5.41) is 19.8. The number of hydrogen-bond donors (Lipinski definition) is 3. The first kappa shape index (κ1) is 13.2. The van der Waals surface area contributed by atoms with Gasteiger partial charge in [-0.15, -0.1) is 0 Å². The zero-order chi connectivity index (χ0) is 14.7. The van der Waals surface area contributed by atoms with Gasteiger partial charge in [-0.25, -0.2) is 4.98 Å². The molecular weight excluding hydrogens is 264 g/mol. The molecule has 0 amide bonds. The Balaban J connectivity index is 1.74. The molecule has 0 aliphatic rings. The Labute approximate surface area is 122 Å². The zero-order valence-electron chi connectivity index (χ0n) is 11.7. The molecule has 3 aromatic rings. The van der Waals surface area contributed by atoms with E-state index in [1.54, 1.807) is 12.1 Å². The van der Waals surface area contributed by atoms with Gasteiger partial charge in [0.1, 0.15) is 11.6 Å². The number of aryl methyl sites for hydroxylation is 1. The van der Waals surface area contributed by atoms with Crippen LogP contribution in [0.1, 0.15) is 11.4 Å². The maximum Gasteiger partial charge on any atom is 0.181 e. The Bertz CT molecular complexity index is 751. The van der Waals surface area contributed by atoms with Crippen LogP contribution < -0.4 is 5.32 Å². The molecule has 1 aromatic heterocycles. The van der Waals surface area contributed by atoms with Crippen LogP contribution in [-0.2, 0) is 6.54 Å². The van der Waals surface area contributed by atoms with Gasteiger partial charge in [-0.05, 0) is 36.8 Å². The number of benzene rings is 2. The van der Waals surface area contributed by atoms with Gasteiger partial charge in [-0.2, -0.15) is 5.10 Å². The fourth-order valence-electron chi connectivity index (χ4n) is 2.11. The van der Waals surface area contributed by atoms with Crippen LogP contribution in [0, 0.1) is 6.92 Å². The van der Waals surface area contributed by atoms with Crippen LogP contribution in [-0.4, -0.2) is 20.3 Å². The normalized spacial score (nSPS) is 10.5. The van der Waals surface area contributed by atoms with E-state index in [0.717, 1.165) is 22.6 Å². The maximum atomic E-state index is 9.46. The van der Waals surface area contributed by atoms with Crippen LogP contribution in [0.5, 0.6) is 5.75 Å². The lowest BCUT2D eigenvalue weighted by molar-refractivity contribution is 0.474. The molecule has 106 valence electrons. The van der Waals surface area contributed by atoms with Gasteiger partial charge in [0.05, 0.1) is 0 Å². The summed E-state index contributed by atoms with van der Waals surface area (Å²) in [5.74, 6) is 1.76. The van der Waals surface area contributed by atoms with Gasteiger partial charge >= 0.3 is 0 Å². The number of nitrogens with one attached hydrogen (secondary N) is 2. The molecule has 0 unspecified atom stereocenters. The number of aromatic hydroxyl groups is 1. The van der Waals surface area contributed by atoms with Crippen molar-refractivity contribution in [1.29, 1.82) is 0 Å². The molecule has 3 N–H and O–H groups in total. The van der Waals surface area contributed by atoms with Crippen molar-refractivity contribution in [1.82, 2.24) is 15.2 Å². The van der Waals surface area contributed by atoms with Crippen molar-refractivity contribution in [2.75, 3.05) is 5.32 Å². The van der Waals surface area contributed by atoms with E-state index >= 15 is 0 Å². The molecule has 5 heteroatoms. The lowest BCUT2D eigenvalue weighted by Gasteiger charge is -2.08. The molecule has 0 aliphatic carbocycles. The molecule has 0 radical (unpaired) electrons. The Morgan fingerprint density at radius 2 is 2.00 bits per heavy atom. The predicted molar refractivity (Wildman–Crippen MR) is 82.0 cm³/mol. The molecule has 0 saturated heterocycles. The van der Waals surface area contributed by atoms with Crippen molar-refractivity contribution < 1.29 is 5.11 Å². The topological polar surface area (TPSA) is 73.8 Å². The molecule has 0 bridgehead atoms. The molecule has 21 heavy (non-hydrogen) atoms. The summed E-state index contributed by atoms with van der Waals surface area (Å²) in [4.78, 5) is 4.32. The average molecular weight is 280 g/mol. The van der Waals surface area contributed by atoms with E-state index in [1.165, 1.54) is 0 Å². The Morgan fingerprint density at radius 1 is 1.14 bits per heavy atom. The highest BCUT2D eigenvalue weighted by Gasteiger charge is 2.04. The number of H-pyrrole nitrogens is 1. The number of anilines is 1. The van der Waals surface area contributed by atoms with Crippen LogP contribution in [0.2, 0.25) is 0 Å².